The number of anilines is 2. The average molecular weight is 461 g/mol. The van der Waals surface area contributed by atoms with Crippen molar-refractivity contribution in [2.75, 3.05) is 11.1 Å². The van der Waals surface area contributed by atoms with Crippen molar-refractivity contribution in [3.8, 4) is 0 Å². The van der Waals surface area contributed by atoms with Crippen LogP contribution in [0.3, 0.4) is 0 Å². The summed E-state index contributed by atoms with van der Waals surface area (Å²) in [6.45, 7) is 2.25. The van der Waals surface area contributed by atoms with Crippen molar-refractivity contribution in [1.29, 1.82) is 0 Å². The van der Waals surface area contributed by atoms with E-state index < -0.39 is 0 Å². The molecule has 0 unspecified atom stereocenters. The number of nitrogen functional groups attached to an aromatic ring is 1. The van der Waals surface area contributed by atoms with Crippen molar-refractivity contribution in [1.82, 2.24) is 19.9 Å². The van der Waals surface area contributed by atoms with Gasteiger partial charge in [0.05, 0.1) is 10.9 Å². The smallest absolute Gasteiger partial charge is 0.319 e. The minimum absolute atomic E-state index is 0.159. The first-order chi connectivity index (χ1) is 16.5. The number of benzene rings is 1. The van der Waals surface area contributed by atoms with Gasteiger partial charge in [-0.05, 0) is 56.6 Å². The van der Waals surface area contributed by atoms with E-state index in [2.05, 4.69) is 32.1 Å². The molecule has 0 bridgehead atoms. The van der Waals surface area contributed by atoms with Gasteiger partial charge in [0.25, 0.3) is 0 Å². The number of rotatable bonds is 5. The highest BCUT2D eigenvalue weighted by molar-refractivity contribution is 6.18. The number of hydrogen-bond acceptors (Lipinski definition) is 5. The number of nitrogens with one attached hydrogen (secondary N) is 2. The van der Waals surface area contributed by atoms with Gasteiger partial charge in [0.2, 0.25) is 0 Å². The van der Waals surface area contributed by atoms with E-state index in [4.69, 9.17) is 5.73 Å². The van der Waals surface area contributed by atoms with Gasteiger partial charge in [0, 0.05) is 29.5 Å². The van der Waals surface area contributed by atoms with Crippen molar-refractivity contribution in [3.63, 3.8) is 0 Å². The molecule has 34 heavy (non-hydrogen) atoms. The number of fused-ring (bicyclic) bond motifs is 1. The molecular formula is C26H32N6O2. The minimum atomic E-state index is -0.236. The van der Waals surface area contributed by atoms with E-state index >= 15 is 0 Å². The fourth-order valence-electron chi connectivity index (χ4n) is 5.39. The highest BCUT2D eigenvalue weighted by atomic mass is 16.2. The highest BCUT2D eigenvalue weighted by Gasteiger charge is 2.26. The molecule has 8 heteroatoms. The second kappa shape index (κ2) is 9.44. The molecule has 0 radical (unpaired) electrons. The van der Waals surface area contributed by atoms with E-state index in [0.717, 1.165) is 44.4 Å². The number of hydrogen-bond donors (Lipinski definition) is 3. The Morgan fingerprint density at radius 3 is 2.59 bits per heavy atom. The summed E-state index contributed by atoms with van der Waals surface area (Å²) in [6.07, 6.45) is 12.1. The second-order valence-corrected chi connectivity index (χ2v) is 9.81. The standard InChI is InChI=1S/C26H32N6O2/c1-16-9-11-18(12-10-16)30-26(34)31-19-6-4-5-17(13-19)23(33)21-14-32(20-7-2-3-8-20)25-22(21)24(27)28-15-29-25/h4-6,13-16,18,20H,2-3,7-12H2,1H3,(H2,27,28,29)(H2,30,31,34). The molecule has 2 aliphatic carbocycles. The molecular weight excluding hydrogens is 428 g/mol. The molecule has 2 saturated carbocycles. The number of nitrogens with zero attached hydrogens (tertiary/aromatic N) is 3. The first-order valence-electron chi connectivity index (χ1n) is 12.3. The molecule has 5 rings (SSSR count). The summed E-state index contributed by atoms with van der Waals surface area (Å²) in [4.78, 5) is 34.7. The van der Waals surface area contributed by atoms with E-state index in [-0.39, 0.29) is 17.9 Å². The third kappa shape index (κ3) is 4.49. The maximum absolute atomic E-state index is 13.6. The van der Waals surface area contributed by atoms with Crippen LogP contribution in [0.1, 0.15) is 80.3 Å². The maximum Gasteiger partial charge on any atom is 0.319 e. The predicted molar refractivity (Wildman–Crippen MR) is 133 cm³/mol. The van der Waals surface area contributed by atoms with Crippen LogP contribution >= 0.6 is 0 Å². The maximum atomic E-state index is 13.6. The van der Waals surface area contributed by atoms with Gasteiger partial charge in [-0.25, -0.2) is 14.8 Å². The van der Waals surface area contributed by atoms with Crippen LogP contribution in [0.15, 0.2) is 36.8 Å². The first-order valence-corrected chi connectivity index (χ1v) is 12.3. The van der Waals surface area contributed by atoms with Crippen LogP contribution < -0.4 is 16.4 Å². The number of carbonyl (C=O) groups excluding carboxylic acids is 2. The van der Waals surface area contributed by atoms with Gasteiger partial charge in [-0.2, -0.15) is 0 Å². The Labute approximate surface area is 199 Å². The number of amides is 2. The van der Waals surface area contributed by atoms with Gasteiger partial charge >= 0.3 is 6.03 Å². The number of carbonyl (C=O) groups is 2. The van der Waals surface area contributed by atoms with Gasteiger partial charge in [0.15, 0.2) is 5.78 Å². The summed E-state index contributed by atoms with van der Waals surface area (Å²) < 4.78 is 2.09. The zero-order chi connectivity index (χ0) is 23.7. The Balaban J connectivity index is 1.37. The van der Waals surface area contributed by atoms with Crippen molar-refractivity contribution >= 4 is 34.4 Å². The number of aromatic nitrogens is 3. The summed E-state index contributed by atoms with van der Waals surface area (Å²) in [5, 5.41) is 6.55. The van der Waals surface area contributed by atoms with Crippen LogP contribution in [0.25, 0.3) is 11.0 Å². The summed E-state index contributed by atoms with van der Waals surface area (Å²) >= 11 is 0. The van der Waals surface area contributed by atoms with E-state index in [1.54, 1.807) is 24.3 Å². The summed E-state index contributed by atoms with van der Waals surface area (Å²) in [5.74, 6) is 0.872. The molecule has 3 aromatic rings. The van der Waals surface area contributed by atoms with Crippen LogP contribution in [0, 0.1) is 5.92 Å². The van der Waals surface area contributed by atoms with Crippen LogP contribution in [-0.2, 0) is 0 Å². The summed E-state index contributed by atoms with van der Waals surface area (Å²) in [7, 11) is 0. The molecule has 0 saturated heterocycles. The lowest BCUT2D eigenvalue weighted by Gasteiger charge is -2.26. The Kier molecular flexibility index (Phi) is 6.22. The van der Waals surface area contributed by atoms with Crippen LogP contribution in [0.4, 0.5) is 16.3 Å². The molecule has 1 aromatic carbocycles. The van der Waals surface area contributed by atoms with Crippen molar-refractivity contribution in [2.24, 2.45) is 5.92 Å². The zero-order valence-corrected chi connectivity index (χ0v) is 19.6. The molecule has 178 valence electrons. The Hall–Kier alpha value is -3.42. The SMILES string of the molecule is CC1CCC(NC(=O)Nc2cccc(C(=O)c3cn(C4CCCC4)c4ncnc(N)c34)c2)CC1. The molecule has 2 fully saturated rings. The van der Waals surface area contributed by atoms with Crippen molar-refractivity contribution in [3.05, 3.63) is 47.9 Å². The zero-order valence-electron chi connectivity index (χ0n) is 19.6. The first kappa shape index (κ1) is 22.4. The lowest BCUT2D eigenvalue weighted by Crippen LogP contribution is -2.39. The fraction of sp³-hybridized carbons (Fsp3) is 0.462. The minimum Gasteiger partial charge on any atom is -0.383 e. The topological polar surface area (TPSA) is 115 Å². The molecule has 4 N–H and O–H groups in total. The van der Waals surface area contributed by atoms with E-state index in [1.807, 2.05) is 6.20 Å². The van der Waals surface area contributed by atoms with Gasteiger partial charge < -0.3 is 20.9 Å². The average Bonchev–Trinajstić information content (AvgIpc) is 3.49. The molecule has 8 nitrogen and oxygen atoms in total. The Bertz CT molecular complexity index is 1210. The Morgan fingerprint density at radius 2 is 1.82 bits per heavy atom. The third-order valence-electron chi connectivity index (χ3n) is 7.34. The third-order valence-corrected chi connectivity index (χ3v) is 7.34. The lowest BCUT2D eigenvalue weighted by atomic mass is 9.87. The molecule has 2 amide bonds. The highest BCUT2D eigenvalue weighted by Crippen LogP contribution is 2.35. The molecule has 0 aliphatic heterocycles. The van der Waals surface area contributed by atoms with Gasteiger partial charge in [-0.3, -0.25) is 4.79 Å². The fourth-order valence-corrected chi connectivity index (χ4v) is 5.39. The summed E-state index contributed by atoms with van der Waals surface area (Å²) in [5.41, 5.74) is 8.47. The van der Waals surface area contributed by atoms with E-state index in [1.165, 1.54) is 19.2 Å². The number of urea groups is 1. The van der Waals surface area contributed by atoms with E-state index in [0.29, 0.717) is 39.7 Å². The molecule has 0 spiro atoms. The van der Waals surface area contributed by atoms with Gasteiger partial charge in [-0.1, -0.05) is 31.9 Å². The van der Waals surface area contributed by atoms with Crippen molar-refractivity contribution in [2.45, 2.75) is 70.4 Å². The van der Waals surface area contributed by atoms with Crippen LogP contribution in [-0.4, -0.2) is 32.4 Å². The molecule has 0 atom stereocenters. The monoisotopic (exact) mass is 460 g/mol. The quantitative estimate of drug-likeness (QED) is 0.460. The van der Waals surface area contributed by atoms with Gasteiger partial charge in [-0.15, -0.1) is 0 Å². The number of ketones is 1. The summed E-state index contributed by atoms with van der Waals surface area (Å²) in [6, 6.07) is 7.32. The molecule has 2 aromatic heterocycles. The molecule has 2 heterocycles. The van der Waals surface area contributed by atoms with Gasteiger partial charge in [0.1, 0.15) is 17.8 Å². The van der Waals surface area contributed by atoms with Crippen LogP contribution in [0.2, 0.25) is 0 Å². The number of nitrogens with two attached hydrogens (primary N) is 1. The Morgan fingerprint density at radius 1 is 1.06 bits per heavy atom. The lowest BCUT2D eigenvalue weighted by molar-refractivity contribution is 0.104. The largest absolute Gasteiger partial charge is 0.383 e. The second-order valence-electron chi connectivity index (χ2n) is 9.81. The van der Waals surface area contributed by atoms with Crippen LogP contribution in [0.5, 0.6) is 0 Å². The normalized spacial score (nSPS) is 21.0. The van der Waals surface area contributed by atoms with E-state index in [9.17, 15) is 9.59 Å². The van der Waals surface area contributed by atoms with Crippen molar-refractivity contribution < 1.29 is 9.59 Å². The predicted octanol–water partition coefficient (Wildman–Crippen LogP) is 5.06. The molecule has 2 aliphatic rings.